The topological polar surface area (TPSA) is 63.8 Å². The number of rotatable bonds is 3. The number of nitrogens with one attached hydrogen (secondary N) is 1. The zero-order chi connectivity index (χ0) is 12.3. The summed E-state index contributed by atoms with van der Waals surface area (Å²) in [7, 11) is 0. The third kappa shape index (κ3) is 2.46. The number of aromatic nitrogens is 2. The summed E-state index contributed by atoms with van der Waals surface area (Å²) in [5.74, 6) is 5.14. The van der Waals surface area contributed by atoms with E-state index in [1.54, 1.807) is 30.6 Å². The number of hydrazine groups is 1. The van der Waals surface area contributed by atoms with Gasteiger partial charge < -0.3 is 0 Å². The van der Waals surface area contributed by atoms with Crippen molar-refractivity contribution in [1.29, 1.82) is 0 Å². The van der Waals surface area contributed by atoms with Gasteiger partial charge in [-0.15, -0.1) is 0 Å². The summed E-state index contributed by atoms with van der Waals surface area (Å²) in [6.45, 7) is 1.84. The van der Waals surface area contributed by atoms with E-state index in [0.717, 1.165) is 5.69 Å². The lowest BCUT2D eigenvalue weighted by Gasteiger charge is -2.16. The number of benzene rings is 1. The van der Waals surface area contributed by atoms with Crippen LogP contribution in [0.2, 0.25) is 0 Å². The van der Waals surface area contributed by atoms with E-state index >= 15 is 0 Å². The molecule has 3 N–H and O–H groups in total. The predicted molar refractivity (Wildman–Crippen MR) is 62.3 cm³/mol. The van der Waals surface area contributed by atoms with Crippen molar-refractivity contribution in [2.75, 3.05) is 0 Å². The number of aryl methyl sites for hydroxylation is 1. The fourth-order valence-corrected chi connectivity index (χ4v) is 1.60. The Morgan fingerprint density at radius 3 is 2.59 bits per heavy atom. The number of nitrogens with two attached hydrogens (primary N) is 1. The Labute approximate surface area is 98.7 Å². The molecule has 2 rings (SSSR count). The molecule has 0 aliphatic heterocycles. The van der Waals surface area contributed by atoms with Gasteiger partial charge in [-0.2, -0.15) is 0 Å². The fraction of sp³-hybridized carbons (Fsp3) is 0.167. The molecular formula is C12H13FN4. The summed E-state index contributed by atoms with van der Waals surface area (Å²) in [6, 6.07) is 5.95. The predicted octanol–water partition coefficient (Wildman–Crippen LogP) is 1.48. The van der Waals surface area contributed by atoms with Crippen molar-refractivity contribution in [3.8, 4) is 0 Å². The van der Waals surface area contributed by atoms with Gasteiger partial charge in [-0.25, -0.2) is 9.82 Å². The van der Waals surface area contributed by atoms with Gasteiger partial charge in [-0.3, -0.25) is 15.8 Å². The fourth-order valence-electron chi connectivity index (χ4n) is 1.60. The lowest BCUT2D eigenvalue weighted by Crippen LogP contribution is -2.30. The first-order valence-corrected chi connectivity index (χ1v) is 5.21. The smallest absolute Gasteiger partial charge is 0.128 e. The first-order valence-electron chi connectivity index (χ1n) is 5.21. The van der Waals surface area contributed by atoms with E-state index < -0.39 is 6.04 Å². The van der Waals surface area contributed by atoms with E-state index in [4.69, 9.17) is 5.84 Å². The number of halogens is 1. The molecule has 0 aliphatic carbocycles. The van der Waals surface area contributed by atoms with Gasteiger partial charge in [0.2, 0.25) is 0 Å². The second-order valence-electron chi connectivity index (χ2n) is 3.70. The highest BCUT2D eigenvalue weighted by Crippen LogP contribution is 2.21. The molecule has 1 heterocycles. The van der Waals surface area contributed by atoms with Gasteiger partial charge in [-0.1, -0.05) is 18.2 Å². The van der Waals surface area contributed by atoms with Crippen LogP contribution in [-0.4, -0.2) is 9.97 Å². The molecule has 0 amide bonds. The zero-order valence-electron chi connectivity index (χ0n) is 9.39. The van der Waals surface area contributed by atoms with Crippen molar-refractivity contribution in [3.05, 3.63) is 59.4 Å². The largest absolute Gasteiger partial charge is 0.271 e. The summed E-state index contributed by atoms with van der Waals surface area (Å²) in [5, 5.41) is 0. The van der Waals surface area contributed by atoms with Gasteiger partial charge in [0, 0.05) is 11.8 Å². The molecule has 0 spiro atoms. The molecule has 0 radical (unpaired) electrons. The number of hydrogen-bond acceptors (Lipinski definition) is 4. The molecule has 1 atom stereocenters. The van der Waals surface area contributed by atoms with Crippen LogP contribution in [-0.2, 0) is 0 Å². The van der Waals surface area contributed by atoms with Crippen LogP contribution < -0.4 is 11.3 Å². The minimum absolute atomic E-state index is 0.321. The van der Waals surface area contributed by atoms with Crippen LogP contribution in [0.1, 0.15) is 23.0 Å². The minimum Gasteiger partial charge on any atom is -0.271 e. The van der Waals surface area contributed by atoms with Crippen LogP contribution in [0.15, 0.2) is 36.7 Å². The van der Waals surface area contributed by atoms with Crippen LogP contribution in [0.25, 0.3) is 0 Å². The highest BCUT2D eigenvalue weighted by Gasteiger charge is 2.17. The Morgan fingerprint density at radius 1 is 1.24 bits per heavy atom. The minimum atomic E-state index is -0.496. The van der Waals surface area contributed by atoms with Crippen LogP contribution in [0.4, 0.5) is 4.39 Å². The molecule has 4 nitrogen and oxygen atoms in total. The van der Waals surface area contributed by atoms with Gasteiger partial charge >= 0.3 is 0 Å². The van der Waals surface area contributed by atoms with E-state index in [9.17, 15) is 4.39 Å². The zero-order valence-corrected chi connectivity index (χ0v) is 9.39. The maximum atomic E-state index is 13.6. The standard InChI is InChI=1S/C12H13FN4/c1-8-6-16-11(7-15-8)12(17-14)9-4-2-3-5-10(9)13/h2-7,12,17H,14H2,1H3. The Hall–Kier alpha value is -1.85. The first-order chi connectivity index (χ1) is 8.22. The van der Waals surface area contributed by atoms with Crippen molar-refractivity contribution in [1.82, 2.24) is 15.4 Å². The van der Waals surface area contributed by atoms with E-state index in [0.29, 0.717) is 11.3 Å². The molecule has 0 saturated heterocycles. The van der Waals surface area contributed by atoms with Crippen molar-refractivity contribution < 1.29 is 4.39 Å². The van der Waals surface area contributed by atoms with Crippen molar-refractivity contribution >= 4 is 0 Å². The third-order valence-electron chi connectivity index (χ3n) is 2.48. The molecule has 5 heteroatoms. The molecule has 0 aliphatic rings. The number of hydrogen-bond donors (Lipinski definition) is 2. The van der Waals surface area contributed by atoms with Crippen molar-refractivity contribution in [2.24, 2.45) is 5.84 Å². The molecule has 17 heavy (non-hydrogen) atoms. The highest BCUT2D eigenvalue weighted by atomic mass is 19.1. The maximum absolute atomic E-state index is 13.6. The van der Waals surface area contributed by atoms with Gasteiger partial charge in [-0.05, 0) is 13.0 Å². The quantitative estimate of drug-likeness (QED) is 0.621. The Balaban J connectivity index is 2.40. The summed E-state index contributed by atoms with van der Waals surface area (Å²) in [6.07, 6.45) is 3.22. The lowest BCUT2D eigenvalue weighted by molar-refractivity contribution is 0.551. The van der Waals surface area contributed by atoms with Crippen molar-refractivity contribution in [3.63, 3.8) is 0 Å². The monoisotopic (exact) mass is 232 g/mol. The second kappa shape index (κ2) is 4.99. The molecular weight excluding hydrogens is 219 g/mol. The van der Waals surface area contributed by atoms with Gasteiger partial charge in [0.25, 0.3) is 0 Å². The number of nitrogens with zero attached hydrogens (tertiary/aromatic N) is 2. The molecule has 1 aromatic heterocycles. The van der Waals surface area contributed by atoms with Gasteiger partial charge in [0.1, 0.15) is 5.82 Å². The molecule has 88 valence electrons. The van der Waals surface area contributed by atoms with Crippen LogP contribution in [0.5, 0.6) is 0 Å². The SMILES string of the molecule is Cc1cnc(C(NN)c2ccccc2F)cn1. The molecule has 0 saturated carbocycles. The van der Waals surface area contributed by atoms with E-state index in [-0.39, 0.29) is 5.82 Å². The molecule has 1 unspecified atom stereocenters. The van der Waals surface area contributed by atoms with Crippen LogP contribution >= 0.6 is 0 Å². The average Bonchev–Trinajstić information content (AvgIpc) is 2.35. The van der Waals surface area contributed by atoms with Crippen LogP contribution in [0.3, 0.4) is 0 Å². The molecule has 0 fully saturated rings. The Bertz CT molecular complexity index is 498. The normalized spacial score (nSPS) is 12.4. The summed E-state index contributed by atoms with van der Waals surface area (Å²) < 4.78 is 13.6. The Morgan fingerprint density at radius 2 is 2.00 bits per heavy atom. The first kappa shape index (κ1) is 11.6. The Kier molecular flexibility index (Phi) is 3.41. The van der Waals surface area contributed by atoms with Crippen LogP contribution in [0, 0.1) is 12.7 Å². The summed E-state index contributed by atoms with van der Waals surface area (Å²) in [4.78, 5) is 8.32. The maximum Gasteiger partial charge on any atom is 0.128 e. The van der Waals surface area contributed by atoms with E-state index in [2.05, 4.69) is 15.4 Å². The van der Waals surface area contributed by atoms with Crippen molar-refractivity contribution in [2.45, 2.75) is 13.0 Å². The molecule has 1 aromatic carbocycles. The summed E-state index contributed by atoms with van der Waals surface area (Å²) in [5.41, 5.74) is 4.39. The van der Waals surface area contributed by atoms with E-state index in [1.165, 1.54) is 6.07 Å². The lowest BCUT2D eigenvalue weighted by atomic mass is 10.0. The third-order valence-corrected chi connectivity index (χ3v) is 2.48. The molecule has 2 aromatic rings. The second-order valence-corrected chi connectivity index (χ2v) is 3.70. The molecule has 0 bridgehead atoms. The van der Waals surface area contributed by atoms with E-state index in [1.807, 2.05) is 6.92 Å². The highest BCUT2D eigenvalue weighted by molar-refractivity contribution is 5.27. The van der Waals surface area contributed by atoms with Gasteiger partial charge in [0.15, 0.2) is 0 Å². The van der Waals surface area contributed by atoms with Gasteiger partial charge in [0.05, 0.1) is 23.6 Å². The average molecular weight is 232 g/mol. The summed E-state index contributed by atoms with van der Waals surface area (Å²) >= 11 is 0.